The van der Waals surface area contributed by atoms with Gasteiger partial charge < -0.3 is 10.2 Å². The summed E-state index contributed by atoms with van der Waals surface area (Å²) in [5, 5.41) is 2.95. The Bertz CT molecular complexity index is 1100. The molecule has 0 saturated carbocycles. The molecule has 0 aliphatic carbocycles. The summed E-state index contributed by atoms with van der Waals surface area (Å²) in [7, 11) is -3.76. The fraction of sp³-hybridized carbons (Fsp3) is 0.462. The smallest absolute Gasteiger partial charge is 0.243 e. The number of hydrogen-bond donors (Lipinski definition) is 1. The summed E-state index contributed by atoms with van der Waals surface area (Å²) in [6.07, 6.45) is 1.60. The van der Waals surface area contributed by atoms with Gasteiger partial charge in [0.1, 0.15) is 11.9 Å². The van der Waals surface area contributed by atoms with Crippen LogP contribution in [0.25, 0.3) is 0 Å². The highest BCUT2D eigenvalue weighted by Crippen LogP contribution is 2.22. The van der Waals surface area contributed by atoms with E-state index in [-0.39, 0.29) is 43.4 Å². The van der Waals surface area contributed by atoms with E-state index in [2.05, 4.69) is 5.32 Å². The number of nitrogens with zero attached hydrogens (tertiary/aromatic N) is 2. The Kier molecular flexibility index (Phi) is 9.82. The van der Waals surface area contributed by atoms with Gasteiger partial charge in [-0.3, -0.25) is 13.9 Å². The predicted octanol–water partition coefficient (Wildman–Crippen LogP) is 4.09. The highest BCUT2D eigenvalue weighted by atomic mass is 32.2. The molecule has 0 bridgehead atoms. The van der Waals surface area contributed by atoms with Gasteiger partial charge in [-0.1, -0.05) is 49.4 Å². The number of nitrogens with one attached hydrogen (secondary N) is 1. The maximum absolute atomic E-state index is 14.3. The van der Waals surface area contributed by atoms with Crippen molar-refractivity contribution in [2.24, 2.45) is 0 Å². The Morgan fingerprint density at radius 1 is 1.03 bits per heavy atom. The van der Waals surface area contributed by atoms with E-state index in [4.69, 9.17) is 0 Å². The number of rotatable bonds is 11. The molecule has 7 nitrogen and oxygen atoms in total. The minimum Gasteiger partial charge on any atom is -0.350 e. The van der Waals surface area contributed by atoms with Crippen molar-refractivity contribution in [3.63, 3.8) is 0 Å². The van der Waals surface area contributed by atoms with Gasteiger partial charge in [0, 0.05) is 25.0 Å². The minimum absolute atomic E-state index is 0.00655. The monoisotopic (exact) mass is 505 g/mol. The number of anilines is 1. The van der Waals surface area contributed by atoms with E-state index in [0.29, 0.717) is 6.42 Å². The van der Waals surface area contributed by atoms with Crippen LogP contribution in [0.4, 0.5) is 10.1 Å². The van der Waals surface area contributed by atoms with Crippen molar-refractivity contribution >= 4 is 27.5 Å². The maximum Gasteiger partial charge on any atom is 0.243 e. The van der Waals surface area contributed by atoms with Crippen molar-refractivity contribution in [1.82, 2.24) is 10.2 Å². The maximum atomic E-state index is 14.3. The zero-order chi connectivity index (χ0) is 26.2. The fourth-order valence-corrected chi connectivity index (χ4v) is 4.76. The second-order valence-corrected chi connectivity index (χ2v) is 11.5. The number of amides is 2. The molecule has 35 heavy (non-hydrogen) atoms. The standard InChI is InChI=1S/C26H36FN3O4S/c1-6-22(25(32)28-26(2,3)4)29(19-20-13-8-7-9-14-20)24(31)17-12-18-30(35(5,33)34)23-16-11-10-15-21(23)27/h7-11,13-16,22H,6,12,17-19H2,1-5H3,(H,28,32)/t22-/m0/s1. The molecule has 1 atom stereocenters. The van der Waals surface area contributed by atoms with E-state index >= 15 is 0 Å². The first-order chi connectivity index (χ1) is 16.3. The van der Waals surface area contributed by atoms with Crippen LogP contribution in [0, 0.1) is 5.82 Å². The molecule has 0 aliphatic rings. The average molecular weight is 506 g/mol. The normalized spacial score (nSPS) is 12.6. The van der Waals surface area contributed by atoms with Crippen molar-refractivity contribution < 1.29 is 22.4 Å². The average Bonchev–Trinajstić information content (AvgIpc) is 2.76. The Morgan fingerprint density at radius 3 is 2.17 bits per heavy atom. The Hall–Kier alpha value is -2.94. The molecular weight excluding hydrogens is 469 g/mol. The number of benzene rings is 2. The largest absolute Gasteiger partial charge is 0.350 e. The molecule has 0 fully saturated rings. The number of carbonyl (C=O) groups is 2. The number of hydrogen-bond acceptors (Lipinski definition) is 4. The zero-order valence-corrected chi connectivity index (χ0v) is 21.9. The van der Waals surface area contributed by atoms with Crippen molar-refractivity contribution in [2.75, 3.05) is 17.1 Å². The molecule has 2 aromatic carbocycles. The Labute approximate surface area is 208 Å². The van der Waals surface area contributed by atoms with E-state index in [1.54, 1.807) is 11.0 Å². The number of sulfonamides is 1. The van der Waals surface area contributed by atoms with Gasteiger partial charge in [0.05, 0.1) is 11.9 Å². The topological polar surface area (TPSA) is 86.8 Å². The van der Waals surface area contributed by atoms with Crippen LogP contribution in [-0.4, -0.2) is 49.5 Å². The minimum atomic E-state index is -3.76. The SMILES string of the molecule is CC[C@@H](C(=O)NC(C)(C)C)N(Cc1ccccc1)C(=O)CCCN(c1ccccc1F)S(C)(=O)=O. The lowest BCUT2D eigenvalue weighted by atomic mass is 10.0. The van der Waals surface area contributed by atoms with Crippen LogP contribution < -0.4 is 9.62 Å². The highest BCUT2D eigenvalue weighted by molar-refractivity contribution is 7.92. The molecule has 0 spiro atoms. The van der Waals surface area contributed by atoms with Gasteiger partial charge in [0.2, 0.25) is 21.8 Å². The summed E-state index contributed by atoms with van der Waals surface area (Å²) >= 11 is 0. The number of para-hydroxylation sites is 1. The van der Waals surface area contributed by atoms with E-state index < -0.39 is 27.4 Å². The molecular formula is C26H36FN3O4S. The zero-order valence-electron chi connectivity index (χ0n) is 21.1. The van der Waals surface area contributed by atoms with Crippen LogP contribution in [-0.2, 0) is 26.2 Å². The summed E-state index contributed by atoms with van der Waals surface area (Å²) in [4.78, 5) is 27.9. The molecule has 0 aliphatic heterocycles. The van der Waals surface area contributed by atoms with Gasteiger partial charge in [0.25, 0.3) is 0 Å². The first-order valence-corrected chi connectivity index (χ1v) is 13.6. The van der Waals surface area contributed by atoms with Gasteiger partial charge in [-0.2, -0.15) is 0 Å². The van der Waals surface area contributed by atoms with Crippen molar-refractivity contribution in [3.8, 4) is 0 Å². The van der Waals surface area contributed by atoms with Crippen LogP contribution in [0.2, 0.25) is 0 Å². The van der Waals surface area contributed by atoms with Gasteiger partial charge >= 0.3 is 0 Å². The molecule has 0 radical (unpaired) electrons. The van der Waals surface area contributed by atoms with Crippen LogP contribution in [0.3, 0.4) is 0 Å². The molecule has 0 saturated heterocycles. The van der Waals surface area contributed by atoms with Crippen LogP contribution in [0.15, 0.2) is 54.6 Å². The van der Waals surface area contributed by atoms with E-state index in [1.165, 1.54) is 18.2 Å². The van der Waals surface area contributed by atoms with Gasteiger partial charge in [-0.15, -0.1) is 0 Å². The van der Waals surface area contributed by atoms with E-state index in [9.17, 15) is 22.4 Å². The van der Waals surface area contributed by atoms with E-state index in [0.717, 1.165) is 16.1 Å². The van der Waals surface area contributed by atoms with Gasteiger partial charge in [-0.25, -0.2) is 12.8 Å². The fourth-order valence-electron chi connectivity index (χ4n) is 3.79. The van der Waals surface area contributed by atoms with Crippen molar-refractivity contribution in [3.05, 3.63) is 66.0 Å². The first-order valence-electron chi connectivity index (χ1n) is 11.7. The molecule has 9 heteroatoms. The summed E-state index contributed by atoms with van der Waals surface area (Å²) in [5.41, 5.74) is 0.369. The van der Waals surface area contributed by atoms with Crippen LogP contribution in [0.1, 0.15) is 52.5 Å². The van der Waals surface area contributed by atoms with E-state index in [1.807, 2.05) is 58.0 Å². The molecule has 2 amide bonds. The summed E-state index contributed by atoms with van der Waals surface area (Å²) in [5.74, 6) is -1.17. The predicted molar refractivity (Wildman–Crippen MR) is 137 cm³/mol. The lowest BCUT2D eigenvalue weighted by molar-refractivity contribution is -0.142. The molecule has 192 valence electrons. The molecule has 0 unspecified atom stereocenters. The number of halogens is 1. The molecule has 2 rings (SSSR count). The highest BCUT2D eigenvalue weighted by Gasteiger charge is 2.30. The lowest BCUT2D eigenvalue weighted by Crippen LogP contribution is -2.53. The van der Waals surface area contributed by atoms with Crippen molar-refractivity contribution in [2.45, 2.75) is 65.1 Å². The third kappa shape index (κ3) is 8.65. The Balaban J connectivity index is 2.22. The molecule has 0 aromatic heterocycles. The molecule has 1 N–H and O–H groups in total. The lowest BCUT2D eigenvalue weighted by Gasteiger charge is -2.33. The second-order valence-electron chi connectivity index (χ2n) is 9.56. The molecule has 2 aromatic rings. The first kappa shape index (κ1) is 28.3. The van der Waals surface area contributed by atoms with Gasteiger partial charge in [0.15, 0.2) is 0 Å². The Morgan fingerprint density at radius 2 is 1.63 bits per heavy atom. The van der Waals surface area contributed by atoms with Crippen molar-refractivity contribution in [1.29, 1.82) is 0 Å². The molecule has 0 heterocycles. The third-order valence-corrected chi connectivity index (χ3v) is 6.53. The van der Waals surface area contributed by atoms with Gasteiger partial charge in [-0.05, 0) is 51.3 Å². The second kappa shape index (κ2) is 12.2. The quantitative estimate of drug-likeness (QED) is 0.498. The van der Waals surface area contributed by atoms with Crippen LogP contribution >= 0.6 is 0 Å². The summed E-state index contributed by atoms with van der Waals surface area (Å²) < 4.78 is 39.9. The number of carbonyl (C=O) groups excluding carboxylic acids is 2. The summed E-state index contributed by atoms with van der Waals surface area (Å²) in [6.45, 7) is 7.67. The van der Waals surface area contributed by atoms with Crippen LogP contribution in [0.5, 0.6) is 0 Å². The summed E-state index contributed by atoms with van der Waals surface area (Å²) in [6, 6.07) is 14.3. The third-order valence-electron chi connectivity index (χ3n) is 5.35.